The van der Waals surface area contributed by atoms with E-state index in [1.165, 1.54) is 30.5 Å². The molecule has 0 atom stereocenters. The number of hydrogen-bond acceptors (Lipinski definition) is 7. The molecule has 9 heteroatoms. The quantitative estimate of drug-likeness (QED) is 0.164. The molecule has 37 heavy (non-hydrogen) atoms. The topological polar surface area (TPSA) is 116 Å². The molecule has 1 aromatic heterocycles. The van der Waals surface area contributed by atoms with E-state index in [4.69, 9.17) is 13.9 Å². The van der Waals surface area contributed by atoms with Crippen molar-refractivity contribution in [3.8, 4) is 11.5 Å². The van der Waals surface area contributed by atoms with Crippen LogP contribution >= 0.6 is 0 Å². The van der Waals surface area contributed by atoms with E-state index in [0.717, 1.165) is 16.3 Å². The van der Waals surface area contributed by atoms with Gasteiger partial charge in [-0.1, -0.05) is 42.5 Å². The van der Waals surface area contributed by atoms with E-state index < -0.39 is 10.8 Å². The van der Waals surface area contributed by atoms with Gasteiger partial charge in [-0.3, -0.25) is 14.9 Å². The number of hydrogen-bond donors (Lipinski definition) is 1. The third-order valence-corrected chi connectivity index (χ3v) is 5.77. The first-order valence-corrected chi connectivity index (χ1v) is 11.3. The fourth-order valence-corrected chi connectivity index (χ4v) is 3.93. The Balaban J connectivity index is 1.25. The minimum Gasteiger partial charge on any atom is -0.493 e. The van der Waals surface area contributed by atoms with Crippen molar-refractivity contribution in [1.82, 2.24) is 5.43 Å². The van der Waals surface area contributed by atoms with Crippen LogP contribution in [-0.4, -0.2) is 24.2 Å². The molecular formula is C28H21N3O6. The lowest BCUT2D eigenvalue weighted by atomic mass is 10.1. The molecule has 4 aromatic carbocycles. The maximum absolute atomic E-state index is 12.4. The third-order valence-electron chi connectivity index (χ3n) is 5.77. The van der Waals surface area contributed by atoms with Gasteiger partial charge in [0.2, 0.25) is 0 Å². The fourth-order valence-electron chi connectivity index (χ4n) is 3.93. The van der Waals surface area contributed by atoms with Gasteiger partial charge in [-0.15, -0.1) is 0 Å². The van der Waals surface area contributed by atoms with Crippen molar-refractivity contribution in [3.05, 3.63) is 112 Å². The zero-order valence-corrected chi connectivity index (χ0v) is 19.7. The summed E-state index contributed by atoms with van der Waals surface area (Å²) in [5.74, 6) is 0.502. The minimum absolute atomic E-state index is 0.0117. The number of amides is 1. The van der Waals surface area contributed by atoms with Crippen molar-refractivity contribution in [2.45, 2.75) is 6.61 Å². The Morgan fingerprint density at radius 1 is 1.00 bits per heavy atom. The van der Waals surface area contributed by atoms with Crippen LogP contribution in [-0.2, 0) is 6.61 Å². The summed E-state index contributed by atoms with van der Waals surface area (Å²) in [4.78, 5) is 22.8. The number of furan rings is 1. The number of benzene rings is 4. The second-order valence-corrected chi connectivity index (χ2v) is 8.13. The van der Waals surface area contributed by atoms with Crippen LogP contribution in [0.1, 0.15) is 21.7 Å². The zero-order chi connectivity index (χ0) is 25.8. The molecule has 0 saturated carbocycles. The first-order chi connectivity index (χ1) is 18.0. The number of non-ortho nitro benzene ring substituents is 1. The van der Waals surface area contributed by atoms with Crippen LogP contribution in [0.5, 0.6) is 11.5 Å². The number of carbonyl (C=O) groups excluding carboxylic acids is 1. The van der Waals surface area contributed by atoms with Gasteiger partial charge >= 0.3 is 5.91 Å². The lowest BCUT2D eigenvalue weighted by Gasteiger charge is -2.12. The van der Waals surface area contributed by atoms with E-state index in [1.807, 2.05) is 24.3 Å². The van der Waals surface area contributed by atoms with Crippen molar-refractivity contribution < 1.29 is 23.6 Å². The van der Waals surface area contributed by atoms with Crippen LogP contribution < -0.4 is 14.9 Å². The first kappa shape index (κ1) is 23.6. The summed E-state index contributed by atoms with van der Waals surface area (Å²) in [6, 6.07) is 25.1. The van der Waals surface area contributed by atoms with E-state index in [9.17, 15) is 14.9 Å². The van der Waals surface area contributed by atoms with Crippen LogP contribution in [0.2, 0.25) is 0 Å². The summed E-state index contributed by atoms with van der Waals surface area (Å²) in [5.41, 5.74) is 4.41. The second-order valence-electron chi connectivity index (χ2n) is 8.13. The highest BCUT2D eigenvalue weighted by Gasteiger charge is 2.15. The number of nitro benzene ring substituents is 1. The van der Waals surface area contributed by atoms with Gasteiger partial charge < -0.3 is 13.9 Å². The predicted octanol–water partition coefficient (Wildman–Crippen LogP) is 5.85. The summed E-state index contributed by atoms with van der Waals surface area (Å²) in [6.45, 7) is 0.377. The van der Waals surface area contributed by atoms with Gasteiger partial charge in [-0.25, -0.2) is 5.43 Å². The average Bonchev–Trinajstić information content (AvgIpc) is 3.36. The molecule has 1 amide bonds. The second kappa shape index (κ2) is 10.2. The number of methoxy groups -OCH3 is 1. The highest BCUT2D eigenvalue weighted by Crippen LogP contribution is 2.29. The number of nitrogens with zero attached hydrogens (tertiary/aromatic N) is 2. The van der Waals surface area contributed by atoms with Crippen molar-refractivity contribution >= 4 is 39.6 Å². The van der Waals surface area contributed by atoms with Gasteiger partial charge in [-0.05, 0) is 52.2 Å². The maximum Gasteiger partial charge on any atom is 0.307 e. The maximum atomic E-state index is 12.4. The first-order valence-electron chi connectivity index (χ1n) is 11.3. The molecule has 0 radical (unpaired) electrons. The molecule has 9 nitrogen and oxygen atoms in total. The highest BCUT2D eigenvalue weighted by molar-refractivity contribution is 5.97. The predicted molar refractivity (Wildman–Crippen MR) is 139 cm³/mol. The average molecular weight is 495 g/mol. The molecule has 5 rings (SSSR count). The number of nitrogens with one attached hydrogen (secondary N) is 1. The van der Waals surface area contributed by atoms with E-state index in [2.05, 4.69) is 28.7 Å². The van der Waals surface area contributed by atoms with Gasteiger partial charge in [0.05, 0.1) is 18.2 Å². The number of ether oxygens (including phenoxy) is 2. The van der Waals surface area contributed by atoms with Gasteiger partial charge in [-0.2, -0.15) is 5.10 Å². The largest absolute Gasteiger partial charge is 0.493 e. The van der Waals surface area contributed by atoms with Gasteiger partial charge in [0.1, 0.15) is 12.2 Å². The van der Waals surface area contributed by atoms with E-state index >= 15 is 0 Å². The molecule has 0 unspecified atom stereocenters. The third kappa shape index (κ3) is 5.10. The van der Waals surface area contributed by atoms with E-state index in [-0.39, 0.29) is 11.4 Å². The molecule has 0 aliphatic heterocycles. The lowest BCUT2D eigenvalue weighted by Crippen LogP contribution is -2.16. The summed E-state index contributed by atoms with van der Waals surface area (Å²) >= 11 is 0. The van der Waals surface area contributed by atoms with Crippen molar-refractivity contribution in [3.63, 3.8) is 0 Å². The smallest absolute Gasteiger partial charge is 0.307 e. The highest BCUT2D eigenvalue weighted by atomic mass is 16.6. The van der Waals surface area contributed by atoms with Crippen LogP contribution in [0.4, 0.5) is 5.69 Å². The molecule has 0 aliphatic carbocycles. The Labute approximate surface area is 211 Å². The lowest BCUT2D eigenvalue weighted by molar-refractivity contribution is -0.384. The monoisotopic (exact) mass is 495 g/mol. The van der Waals surface area contributed by atoms with Crippen molar-refractivity contribution in [2.75, 3.05) is 7.11 Å². The number of carbonyl (C=O) groups is 1. The molecule has 0 aliphatic rings. The molecule has 0 saturated heterocycles. The normalized spacial score (nSPS) is 11.2. The van der Waals surface area contributed by atoms with Crippen LogP contribution in [0.15, 0.2) is 94.4 Å². The van der Waals surface area contributed by atoms with Crippen LogP contribution in [0, 0.1) is 10.1 Å². The molecule has 1 heterocycles. The van der Waals surface area contributed by atoms with E-state index in [0.29, 0.717) is 34.6 Å². The Morgan fingerprint density at radius 2 is 1.84 bits per heavy atom. The number of hydrazone groups is 1. The summed E-state index contributed by atoms with van der Waals surface area (Å²) in [5, 5.41) is 17.6. The van der Waals surface area contributed by atoms with Gasteiger partial charge in [0.15, 0.2) is 17.3 Å². The Kier molecular flexibility index (Phi) is 6.50. The Bertz CT molecular complexity index is 1650. The number of fused-ring (bicyclic) bond motifs is 2. The number of nitro groups is 1. The molecule has 0 fully saturated rings. The standard InChI is InChI=1S/C28H21N3O6/c1-35-26-13-18(9-11-25(26)36-17-20-7-4-6-19-5-2-3-8-23(19)20)16-29-30-28(32)27-15-21-14-22(31(33)34)10-12-24(21)37-27/h2-16H,17H2,1H3,(H,30,32)/b29-16+. The SMILES string of the molecule is COc1cc(/C=N/NC(=O)c2cc3cc([N+](=O)[O-])ccc3o2)ccc1OCc1cccc2ccccc12. The Hall–Kier alpha value is -5.18. The van der Waals surface area contributed by atoms with Gasteiger partial charge in [0.25, 0.3) is 5.69 Å². The fraction of sp³-hybridized carbons (Fsp3) is 0.0714. The Morgan fingerprint density at radius 3 is 2.68 bits per heavy atom. The number of rotatable bonds is 8. The zero-order valence-electron chi connectivity index (χ0n) is 19.7. The van der Waals surface area contributed by atoms with Crippen LogP contribution in [0.25, 0.3) is 21.7 Å². The molecule has 184 valence electrons. The summed E-state index contributed by atoms with van der Waals surface area (Å²) in [7, 11) is 1.55. The molecule has 1 N–H and O–H groups in total. The molecular weight excluding hydrogens is 474 g/mol. The van der Waals surface area contributed by atoms with E-state index in [1.54, 1.807) is 25.3 Å². The molecule has 0 bridgehead atoms. The minimum atomic E-state index is -0.586. The summed E-state index contributed by atoms with van der Waals surface area (Å²) < 4.78 is 17.0. The molecule has 5 aromatic rings. The van der Waals surface area contributed by atoms with Gasteiger partial charge in [0, 0.05) is 17.5 Å². The van der Waals surface area contributed by atoms with Crippen molar-refractivity contribution in [1.29, 1.82) is 0 Å². The molecule has 0 spiro atoms. The van der Waals surface area contributed by atoms with Crippen molar-refractivity contribution in [2.24, 2.45) is 5.10 Å². The summed E-state index contributed by atoms with van der Waals surface area (Å²) in [6.07, 6.45) is 1.46. The van der Waals surface area contributed by atoms with Crippen LogP contribution in [0.3, 0.4) is 0 Å².